The van der Waals surface area contributed by atoms with E-state index in [1.54, 1.807) is 0 Å². The van der Waals surface area contributed by atoms with Gasteiger partial charge in [0.2, 0.25) is 11.3 Å². The van der Waals surface area contributed by atoms with E-state index < -0.39 is 0 Å². The predicted octanol–water partition coefficient (Wildman–Crippen LogP) is 1.74. The molecule has 0 atom stereocenters. The van der Waals surface area contributed by atoms with Crippen molar-refractivity contribution in [2.45, 2.75) is 13.8 Å². The molecule has 0 spiro atoms. The van der Waals surface area contributed by atoms with E-state index in [4.69, 9.17) is 9.72 Å². The van der Waals surface area contributed by atoms with Crippen molar-refractivity contribution in [3.05, 3.63) is 35.4 Å². The lowest BCUT2D eigenvalue weighted by Crippen LogP contribution is -3.00. The third-order valence-corrected chi connectivity index (χ3v) is 7.70. The van der Waals surface area contributed by atoms with Gasteiger partial charge in [-0.05, 0) is 37.1 Å². The molecular formula is C22H26IN3OS2. The van der Waals surface area contributed by atoms with Gasteiger partial charge in [-0.15, -0.1) is 0 Å². The maximum Gasteiger partial charge on any atom is 0.259 e. The Balaban J connectivity index is 0.00000205. The Kier molecular flexibility index (Phi) is 6.68. The Labute approximate surface area is 197 Å². The summed E-state index contributed by atoms with van der Waals surface area (Å²) in [6.07, 6.45) is 0. The van der Waals surface area contributed by atoms with Gasteiger partial charge in [0.25, 0.3) is 9.40 Å². The number of hydrogen-bond donors (Lipinski definition) is 0. The van der Waals surface area contributed by atoms with Gasteiger partial charge in [0.1, 0.15) is 11.0 Å². The molecule has 1 aromatic heterocycles. The van der Waals surface area contributed by atoms with Gasteiger partial charge in [0.05, 0.1) is 13.2 Å². The van der Waals surface area contributed by atoms with Gasteiger partial charge >= 0.3 is 0 Å². The van der Waals surface area contributed by atoms with Gasteiger partial charge in [0.15, 0.2) is 0 Å². The van der Waals surface area contributed by atoms with Crippen LogP contribution in [-0.4, -0.2) is 55.9 Å². The normalized spacial score (nSPS) is 17.6. The Hall–Kier alpha value is -0.900. The fraction of sp³-hybridized carbons (Fsp3) is 0.455. The van der Waals surface area contributed by atoms with E-state index in [0.29, 0.717) is 0 Å². The van der Waals surface area contributed by atoms with Crippen molar-refractivity contribution in [1.29, 1.82) is 0 Å². The third-order valence-electron chi connectivity index (χ3n) is 5.70. The molecule has 29 heavy (non-hydrogen) atoms. The number of aryl methyl sites for hydroxylation is 2. The summed E-state index contributed by atoms with van der Waals surface area (Å²) in [4.78, 5) is 10.0. The molecule has 4 nitrogen and oxygen atoms in total. The Morgan fingerprint density at radius 2 is 1.34 bits per heavy atom. The zero-order valence-corrected chi connectivity index (χ0v) is 20.7. The van der Waals surface area contributed by atoms with E-state index in [1.165, 1.54) is 43.4 Å². The molecule has 2 aliphatic heterocycles. The van der Waals surface area contributed by atoms with E-state index >= 15 is 0 Å². The van der Waals surface area contributed by atoms with Crippen molar-refractivity contribution < 1.29 is 28.7 Å². The number of ether oxygens (including phenoxy) is 1. The minimum atomic E-state index is 0. The second kappa shape index (κ2) is 9.08. The van der Waals surface area contributed by atoms with Gasteiger partial charge in [-0.2, -0.15) is 11.8 Å². The van der Waals surface area contributed by atoms with E-state index in [0.717, 1.165) is 50.4 Å². The summed E-state index contributed by atoms with van der Waals surface area (Å²) in [5.41, 5.74) is 7.47. The van der Waals surface area contributed by atoms with E-state index in [9.17, 15) is 0 Å². The first-order valence-corrected chi connectivity index (χ1v) is 12.0. The van der Waals surface area contributed by atoms with Crippen molar-refractivity contribution in [3.8, 4) is 0 Å². The number of nitrogens with zero attached hydrogens (tertiary/aromatic N) is 3. The van der Waals surface area contributed by atoms with Crippen LogP contribution in [0.5, 0.6) is 0 Å². The second-order valence-electron chi connectivity index (χ2n) is 7.63. The van der Waals surface area contributed by atoms with Gasteiger partial charge in [-0.25, -0.2) is 4.98 Å². The summed E-state index contributed by atoms with van der Waals surface area (Å²) >= 11 is 3.94. The molecule has 3 heterocycles. The van der Waals surface area contributed by atoms with Crippen LogP contribution in [0.1, 0.15) is 11.1 Å². The first kappa shape index (κ1) is 21.3. The minimum absolute atomic E-state index is 0. The number of anilines is 2. The molecule has 0 N–H and O–H groups in total. The van der Waals surface area contributed by atoms with Crippen molar-refractivity contribution >= 4 is 54.9 Å². The summed E-state index contributed by atoms with van der Waals surface area (Å²) in [5, 5.41) is 0. The standard InChI is InChI=1S/C22H26N3OS2.HI/c1-15-11-17(24-3-7-26-8-4-24)13-19-21(15)23-22-16(2)12-18(14-20(22)28-19)25-5-9-27-10-6-25;/h11-14H,3-10H2,1-2H3;1H/q+1;/p-1. The molecule has 0 aliphatic carbocycles. The number of benzene rings is 2. The summed E-state index contributed by atoms with van der Waals surface area (Å²) in [7, 11) is 0. The van der Waals surface area contributed by atoms with Crippen molar-refractivity contribution in [3.63, 3.8) is 0 Å². The largest absolute Gasteiger partial charge is 1.00 e. The zero-order chi connectivity index (χ0) is 19.1. The van der Waals surface area contributed by atoms with E-state index in [2.05, 4.69) is 59.7 Å². The van der Waals surface area contributed by atoms with Crippen LogP contribution in [-0.2, 0) is 4.74 Å². The highest BCUT2D eigenvalue weighted by Crippen LogP contribution is 2.35. The minimum Gasteiger partial charge on any atom is -1.00 e. The molecule has 2 fully saturated rings. The van der Waals surface area contributed by atoms with Gasteiger partial charge in [-0.3, -0.25) is 0 Å². The summed E-state index contributed by atoms with van der Waals surface area (Å²) in [6.45, 7) is 10.2. The topological polar surface area (TPSA) is 28.6 Å². The number of fused-ring (bicyclic) bond motifs is 2. The second-order valence-corrected chi connectivity index (χ2v) is 9.94. The number of aromatic nitrogens is 1. The first-order chi connectivity index (χ1) is 13.7. The molecular weight excluding hydrogens is 513 g/mol. The monoisotopic (exact) mass is 539 g/mol. The predicted molar refractivity (Wildman–Crippen MR) is 124 cm³/mol. The average Bonchev–Trinajstić information content (AvgIpc) is 2.74. The average molecular weight is 540 g/mol. The Bertz CT molecular complexity index is 955. The molecule has 0 radical (unpaired) electrons. The molecule has 0 saturated carbocycles. The Morgan fingerprint density at radius 3 is 1.90 bits per heavy atom. The zero-order valence-electron chi connectivity index (χ0n) is 16.9. The smallest absolute Gasteiger partial charge is 0.259 e. The number of halogens is 1. The molecule has 2 aromatic carbocycles. The fourth-order valence-electron chi connectivity index (χ4n) is 4.14. The van der Waals surface area contributed by atoms with Gasteiger partial charge < -0.3 is 38.5 Å². The highest BCUT2D eigenvalue weighted by atomic mass is 127. The summed E-state index contributed by atoms with van der Waals surface area (Å²) in [5.74, 6) is 2.44. The SMILES string of the molecule is Cc1cc(N2CCOCC2)cc2[s+]c3cc(N4CCSCC4)cc(C)c3nc12.[I-]. The van der Waals surface area contributed by atoms with E-state index in [-0.39, 0.29) is 24.0 Å². The number of rotatable bonds is 2. The fourth-order valence-corrected chi connectivity index (χ4v) is 6.24. The van der Waals surface area contributed by atoms with Crippen molar-refractivity contribution in [2.75, 3.05) is 60.7 Å². The highest BCUT2D eigenvalue weighted by Gasteiger charge is 2.22. The lowest BCUT2D eigenvalue weighted by molar-refractivity contribution is -0.00000627. The maximum absolute atomic E-state index is 5.52. The summed E-state index contributed by atoms with van der Waals surface area (Å²) < 4.78 is 8.09. The van der Waals surface area contributed by atoms with Crippen LogP contribution in [0, 0.1) is 13.8 Å². The van der Waals surface area contributed by atoms with Gasteiger partial charge in [0, 0.05) is 61.2 Å². The molecule has 3 aromatic rings. The highest BCUT2D eigenvalue weighted by molar-refractivity contribution is 7.99. The van der Waals surface area contributed by atoms with Crippen molar-refractivity contribution in [2.24, 2.45) is 0 Å². The molecule has 2 aliphatic rings. The number of morpholine rings is 1. The third kappa shape index (κ3) is 4.29. The molecule has 7 heteroatoms. The van der Waals surface area contributed by atoms with Crippen LogP contribution in [0.15, 0.2) is 24.3 Å². The number of thioether (sulfide) groups is 1. The lowest BCUT2D eigenvalue weighted by Gasteiger charge is -2.29. The molecule has 5 rings (SSSR count). The molecule has 154 valence electrons. The van der Waals surface area contributed by atoms with Crippen molar-refractivity contribution in [1.82, 2.24) is 4.98 Å². The quantitative estimate of drug-likeness (QED) is 0.281. The lowest BCUT2D eigenvalue weighted by atomic mass is 10.1. The van der Waals surface area contributed by atoms with Crippen LogP contribution in [0.2, 0.25) is 0 Å². The van der Waals surface area contributed by atoms with Crippen LogP contribution < -0.4 is 33.8 Å². The Morgan fingerprint density at radius 1 is 0.828 bits per heavy atom. The summed E-state index contributed by atoms with van der Waals surface area (Å²) in [6, 6.07) is 9.28. The maximum atomic E-state index is 5.52. The first-order valence-electron chi connectivity index (χ1n) is 10.0. The molecule has 2 saturated heterocycles. The van der Waals surface area contributed by atoms with Crippen LogP contribution in [0.4, 0.5) is 11.4 Å². The van der Waals surface area contributed by atoms with Crippen LogP contribution >= 0.6 is 23.1 Å². The molecule has 0 amide bonds. The molecule has 0 bridgehead atoms. The number of hydrogen-bond acceptors (Lipinski definition) is 5. The van der Waals surface area contributed by atoms with Gasteiger partial charge in [-0.1, -0.05) is 0 Å². The van der Waals surface area contributed by atoms with Crippen LogP contribution in [0.3, 0.4) is 0 Å². The van der Waals surface area contributed by atoms with E-state index in [1.807, 2.05) is 11.3 Å². The molecule has 0 unspecified atom stereocenters. The van der Waals surface area contributed by atoms with Crippen LogP contribution in [0.25, 0.3) is 20.4 Å².